The Balaban J connectivity index is 2.96. The minimum absolute atomic E-state index is 0.125. The fourth-order valence-corrected chi connectivity index (χ4v) is 0.701. The highest BCUT2D eigenvalue weighted by Gasteiger charge is 2.14. The van der Waals surface area contributed by atoms with Gasteiger partial charge in [-0.3, -0.25) is 5.10 Å². The Kier molecular flexibility index (Phi) is 2.04. The first-order valence-corrected chi connectivity index (χ1v) is 2.85. The normalized spacial score (nSPS) is 10.6. The number of rotatable bonds is 2. The van der Waals surface area contributed by atoms with E-state index in [1.807, 2.05) is 5.10 Å². The maximum atomic E-state index is 12.0. The summed E-state index contributed by atoms with van der Waals surface area (Å²) in [6.07, 6.45) is -1.63. The van der Waals surface area contributed by atoms with Gasteiger partial charge in [0.05, 0.1) is 11.9 Å². The van der Waals surface area contributed by atoms with E-state index in [2.05, 4.69) is 5.10 Å². The molecule has 0 radical (unpaired) electrons. The van der Waals surface area contributed by atoms with E-state index in [-0.39, 0.29) is 5.69 Å². The van der Waals surface area contributed by atoms with E-state index in [4.69, 9.17) is 0 Å². The van der Waals surface area contributed by atoms with Gasteiger partial charge in [0.25, 0.3) is 6.43 Å². The van der Waals surface area contributed by atoms with E-state index in [9.17, 15) is 14.0 Å². The molecule has 0 aliphatic heterocycles. The predicted molar refractivity (Wildman–Crippen MR) is 35.3 cm³/mol. The third-order valence-corrected chi connectivity index (χ3v) is 1.21. The molecular formula is C5H6F2N3O-. The molecule has 4 nitrogen and oxygen atoms in total. The van der Waals surface area contributed by atoms with Crippen LogP contribution in [0, 0.1) is 5.21 Å². The van der Waals surface area contributed by atoms with Crippen LogP contribution in [0.25, 0.3) is 0 Å². The molecule has 1 N–H and O–H groups in total. The van der Waals surface area contributed by atoms with Gasteiger partial charge in [-0.15, -0.1) is 0 Å². The summed E-state index contributed by atoms with van der Waals surface area (Å²) in [5, 5.41) is 16.3. The monoisotopic (exact) mass is 162 g/mol. The molecule has 62 valence electrons. The number of aromatic amines is 1. The molecule has 0 atom stereocenters. The molecule has 0 saturated heterocycles. The molecular weight excluding hydrogens is 156 g/mol. The van der Waals surface area contributed by atoms with Crippen molar-refractivity contribution >= 4 is 5.69 Å². The first-order valence-electron chi connectivity index (χ1n) is 2.85. The largest absolute Gasteiger partial charge is 0.758 e. The number of anilines is 1. The van der Waals surface area contributed by atoms with Crippen molar-refractivity contribution in [3.8, 4) is 0 Å². The third kappa shape index (κ3) is 1.45. The molecule has 1 rings (SSSR count). The van der Waals surface area contributed by atoms with Gasteiger partial charge < -0.3 is 10.3 Å². The molecule has 1 heterocycles. The first-order chi connectivity index (χ1) is 5.13. The highest BCUT2D eigenvalue weighted by atomic mass is 19.3. The van der Waals surface area contributed by atoms with Crippen LogP contribution < -0.4 is 5.06 Å². The van der Waals surface area contributed by atoms with Crippen LogP contribution in [0.3, 0.4) is 0 Å². The summed E-state index contributed by atoms with van der Waals surface area (Å²) in [6.45, 7) is 0. The van der Waals surface area contributed by atoms with Crippen molar-refractivity contribution in [3.05, 3.63) is 17.1 Å². The van der Waals surface area contributed by atoms with Crippen LogP contribution in [0.2, 0.25) is 0 Å². The van der Waals surface area contributed by atoms with Crippen molar-refractivity contribution in [3.63, 3.8) is 0 Å². The molecule has 0 fully saturated rings. The molecule has 11 heavy (non-hydrogen) atoms. The summed E-state index contributed by atoms with van der Waals surface area (Å²) in [5.41, 5.74) is -0.567. The number of halogens is 2. The molecule has 0 aliphatic carbocycles. The van der Waals surface area contributed by atoms with Crippen molar-refractivity contribution < 1.29 is 8.78 Å². The molecule has 1 aromatic heterocycles. The quantitative estimate of drug-likeness (QED) is 0.666. The number of nitrogens with zero attached hydrogens (tertiary/aromatic N) is 2. The molecule has 1 aromatic rings. The van der Waals surface area contributed by atoms with Gasteiger partial charge in [0.2, 0.25) is 0 Å². The fourth-order valence-electron chi connectivity index (χ4n) is 0.701. The Hall–Kier alpha value is -1.17. The summed E-state index contributed by atoms with van der Waals surface area (Å²) < 4.78 is 24.0. The van der Waals surface area contributed by atoms with Crippen LogP contribution in [-0.2, 0) is 0 Å². The van der Waals surface area contributed by atoms with E-state index >= 15 is 0 Å². The standard InChI is InChI=1S/C5H6F2N3O/c1-10(11)3-2-8-9-4(3)5(6)7/h2,5H,1H3,(H,8,9)/q-1. The Bertz CT molecular complexity index is 213. The molecule has 0 aliphatic rings. The van der Waals surface area contributed by atoms with Crippen LogP contribution >= 0.6 is 0 Å². The summed E-state index contributed by atoms with van der Waals surface area (Å²) in [4.78, 5) is 0. The van der Waals surface area contributed by atoms with Gasteiger partial charge in [0.1, 0.15) is 5.69 Å². The third-order valence-electron chi connectivity index (χ3n) is 1.21. The van der Waals surface area contributed by atoms with Crippen LogP contribution in [-0.4, -0.2) is 17.2 Å². The lowest BCUT2D eigenvalue weighted by Gasteiger charge is -2.23. The molecule has 0 aromatic carbocycles. The summed E-state index contributed by atoms with van der Waals surface area (Å²) in [5.74, 6) is 0. The maximum Gasteiger partial charge on any atom is 0.281 e. The van der Waals surface area contributed by atoms with Gasteiger partial charge in [-0.25, -0.2) is 8.78 Å². The first kappa shape index (κ1) is 7.93. The molecule has 0 amide bonds. The van der Waals surface area contributed by atoms with E-state index in [1.54, 1.807) is 0 Å². The highest BCUT2D eigenvalue weighted by Crippen LogP contribution is 2.25. The zero-order valence-corrected chi connectivity index (χ0v) is 5.71. The van der Waals surface area contributed by atoms with Gasteiger partial charge in [-0.05, 0) is 7.05 Å². The number of hydrogen-bond acceptors (Lipinski definition) is 3. The lowest BCUT2D eigenvalue weighted by atomic mass is 10.4. The maximum absolute atomic E-state index is 12.0. The van der Waals surface area contributed by atoms with Gasteiger partial charge >= 0.3 is 0 Å². The van der Waals surface area contributed by atoms with E-state index < -0.39 is 12.1 Å². The minimum Gasteiger partial charge on any atom is -0.758 e. The number of hydrogen-bond donors (Lipinski definition) is 1. The smallest absolute Gasteiger partial charge is 0.281 e. The predicted octanol–water partition coefficient (Wildman–Crippen LogP) is 1.28. The van der Waals surface area contributed by atoms with E-state index in [0.29, 0.717) is 5.06 Å². The van der Waals surface area contributed by atoms with Crippen LogP contribution in [0.15, 0.2) is 6.20 Å². The Labute approximate surface area is 61.4 Å². The molecule has 0 unspecified atom stereocenters. The number of nitrogens with one attached hydrogen (secondary N) is 1. The molecule has 0 saturated carbocycles. The molecule has 6 heteroatoms. The second-order valence-electron chi connectivity index (χ2n) is 1.97. The number of H-pyrrole nitrogens is 1. The lowest BCUT2D eigenvalue weighted by molar-refractivity contribution is 0.146. The summed E-state index contributed by atoms with van der Waals surface area (Å²) >= 11 is 0. The fraction of sp³-hybridized carbons (Fsp3) is 0.400. The van der Waals surface area contributed by atoms with Crippen LogP contribution in [0.5, 0.6) is 0 Å². The average Bonchev–Trinajstić information content (AvgIpc) is 2.32. The van der Waals surface area contributed by atoms with Crippen molar-refractivity contribution in [2.45, 2.75) is 6.43 Å². The second kappa shape index (κ2) is 2.83. The van der Waals surface area contributed by atoms with Gasteiger partial charge in [0.15, 0.2) is 0 Å². The Morgan fingerprint density at radius 1 is 1.73 bits per heavy atom. The second-order valence-corrected chi connectivity index (χ2v) is 1.97. The van der Waals surface area contributed by atoms with Crippen LogP contribution in [0.4, 0.5) is 14.5 Å². The molecule has 0 spiro atoms. The summed E-state index contributed by atoms with van der Waals surface area (Å²) in [6, 6.07) is 0. The average molecular weight is 162 g/mol. The summed E-state index contributed by atoms with van der Waals surface area (Å²) in [7, 11) is 1.14. The van der Waals surface area contributed by atoms with Gasteiger partial charge in [-0.2, -0.15) is 5.10 Å². The number of aromatic nitrogens is 2. The number of hydroxylamine groups is 1. The van der Waals surface area contributed by atoms with E-state index in [0.717, 1.165) is 13.2 Å². The van der Waals surface area contributed by atoms with Crippen LogP contribution in [0.1, 0.15) is 12.1 Å². The van der Waals surface area contributed by atoms with Crippen molar-refractivity contribution in [1.29, 1.82) is 0 Å². The SMILES string of the molecule is CN([O-])c1cn[nH]c1C(F)F. The zero-order valence-electron chi connectivity index (χ0n) is 5.71. The zero-order chi connectivity index (χ0) is 8.43. The Morgan fingerprint density at radius 2 is 2.36 bits per heavy atom. The van der Waals surface area contributed by atoms with Gasteiger partial charge in [-0.1, -0.05) is 0 Å². The topological polar surface area (TPSA) is 55.0 Å². The Morgan fingerprint density at radius 3 is 2.73 bits per heavy atom. The molecule has 0 bridgehead atoms. The minimum atomic E-state index is -2.69. The van der Waals surface area contributed by atoms with Crippen molar-refractivity contribution in [1.82, 2.24) is 10.2 Å². The highest BCUT2D eigenvalue weighted by molar-refractivity contribution is 5.49. The van der Waals surface area contributed by atoms with Crippen molar-refractivity contribution in [2.75, 3.05) is 12.1 Å². The van der Waals surface area contributed by atoms with E-state index in [1.165, 1.54) is 0 Å². The van der Waals surface area contributed by atoms with Gasteiger partial charge in [0, 0.05) is 0 Å². The number of alkyl halides is 2. The van der Waals surface area contributed by atoms with Crippen molar-refractivity contribution in [2.24, 2.45) is 0 Å². The lowest BCUT2D eigenvalue weighted by Crippen LogP contribution is -2.07.